The number of nitrogens with one attached hydrogen (secondary N) is 3. The zero-order valence-electron chi connectivity index (χ0n) is 12.1. The first-order valence-corrected chi connectivity index (χ1v) is 6.81. The van der Waals surface area contributed by atoms with Crippen molar-refractivity contribution < 1.29 is 9.59 Å². The third-order valence-corrected chi connectivity index (χ3v) is 3.01. The number of para-hydroxylation sites is 1. The average molecular weight is 275 g/mol. The molecule has 1 aliphatic heterocycles. The van der Waals surface area contributed by atoms with Gasteiger partial charge in [-0.1, -0.05) is 18.2 Å². The topological polar surface area (TPSA) is 70.2 Å². The van der Waals surface area contributed by atoms with Crippen LogP contribution in [-0.4, -0.2) is 23.9 Å². The Morgan fingerprint density at radius 2 is 2.00 bits per heavy atom. The summed E-state index contributed by atoms with van der Waals surface area (Å²) in [6.45, 7) is 6.31. The van der Waals surface area contributed by atoms with Crippen molar-refractivity contribution in [1.82, 2.24) is 10.6 Å². The highest BCUT2D eigenvalue weighted by atomic mass is 16.2. The summed E-state index contributed by atoms with van der Waals surface area (Å²) in [6.07, 6.45) is 0.355. The molecule has 0 bridgehead atoms. The van der Waals surface area contributed by atoms with Crippen molar-refractivity contribution in [3.05, 3.63) is 29.8 Å². The van der Waals surface area contributed by atoms with Gasteiger partial charge in [0.05, 0.1) is 0 Å². The molecule has 1 aromatic rings. The van der Waals surface area contributed by atoms with Crippen molar-refractivity contribution in [1.29, 1.82) is 0 Å². The SMILES string of the molecule is CC(C)(C)NC(=O)C1NCCC(=O)Nc2ccccc21. The smallest absolute Gasteiger partial charge is 0.242 e. The Hall–Kier alpha value is -1.88. The lowest BCUT2D eigenvalue weighted by Crippen LogP contribution is -2.47. The molecule has 2 amide bonds. The van der Waals surface area contributed by atoms with E-state index in [1.54, 1.807) is 0 Å². The van der Waals surface area contributed by atoms with Crippen LogP contribution in [0.2, 0.25) is 0 Å². The van der Waals surface area contributed by atoms with E-state index in [1.807, 2.05) is 45.0 Å². The summed E-state index contributed by atoms with van der Waals surface area (Å²) < 4.78 is 0. The number of carbonyl (C=O) groups is 2. The predicted octanol–water partition coefficient (Wildman–Crippen LogP) is 1.57. The third kappa shape index (κ3) is 3.57. The molecule has 0 spiro atoms. The molecule has 5 heteroatoms. The summed E-state index contributed by atoms with van der Waals surface area (Å²) >= 11 is 0. The van der Waals surface area contributed by atoms with E-state index >= 15 is 0 Å². The van der Waals surface area contributed by atoms with Crippen molar-refractivity contribution in [3.8, 4) is 0 Å². The summed E-state index contributed by atoms with van der Waals surface area (Å²) in [7, 11) is 0. The summed E-state index contributed by atoms with van der Waals surface area (Å²) in [6, 6.07) is 6.94. The number of fused-ring (bicyclic) bond motifs is 1. The van der Waals surface area contributed by atoms with E-state index in [9.17, 15) is 9.59 Å². The second-order valence-electron chi connectivity index (χ2n) is 6.01. The summed E-state index contributed by atoms with van der Waals surface area (Å²) in [5.41, 5.74) is 1.19. The lowest BCUT2D eigenvalue weighted by Gasteiger charge is -2.28. The maximum Gasteiger partial charge on any atom is 0.242 e. The largest absolute Gasteiger partial charge is 0.350 e. The van der Waals surface area contributed by atoms with Crippen LogP contribution >= 0.6 is 0 Å². The highest BCUT2D eigenvalue weighted by Gasteiger charge is 2.27. The summed E-state index contributed by atoms with van der Waals surface area (Å²) in [4.78, 5) is 24.1. The highest BCUT2D eigenvalue weighted by molar-refractivity contribution is 5.94. The van der Waals surface area contributed by atoms with Gasteiger partial charge in [0.2, 0.25) is 11.8 Å². The van der Waals surface area contributed by atoms with Gasteiger partial charge in [-0.15, -0.1) is 0 Å². The molecule has 0 fully saturated rings. The highest BCUT2D eigenvalue weighted by Crippen LogP contribution is 2.25. The minimum absolute atomic E-state index is 0.0420. The molecule has 0 radical (unpaired) electrons. The van der Waals surface area contributed by atoms with Crippen molar-refractivity contribution >= 4 is 17.5 Å². The maximum atomic E-state index is 12.4. The van der Waals surface area contributed by atoms with Gasteiger partial charge in [0.15, 0.2) is 0 Å². The zero-order chi connectivity index (χ0) is 14.8. The predicted molar refractivity (Wildman–Crippen MR) is 78.3 cm³/mol. The van der Waals surface area contributed by atoms with Crippen molar-refractivity contribution in [2.75, 3.05) is 11.9 Å². The minimum atomic E-state index is -0.453. The minimum Gasteiger partial charge on any atom is -0.350 e. The number of hydrogen-bond acceptors (Lipinski definition) is 3. The van der Waals surface area contributed by atoms with Gasteiger partial charge in [0.1, 0.15) is 6.04 Å². The number of anilines is 1. The third-order valence-electron chi connectivity index (χ3n) is 3.01. The number of rotatable bonds is 1. The van der Waals surface area contributed by atoms with Gasteiger partial charge >= 0.3 is 0 Å². The second-order valence-corrected chi connectivity index (χ2v) is 6.01. The molecule has 20 heavy (non-hydrogen) atoms. The number of hydrogen-bond donors (Lipinski definition) is 3. The number of amides is 2. The lowest BCUT2D eigenvalue weighted by atomic mass is 10.0. The average Bonchev–Trinajstić information content (AvgIpc) is 2.31. The van der Waals surface area contributed by atoms with Crippen LogP contribution in [-0.2, 0) is 9.59 Å². The molecule has 0 saturated carbocycles. The van der Waals surface area contributed by atoms with E-state index in [0.29, 0.717) is 18.7 Å². The van der Waals surface area contributed by atoms with Gasteiger partial charge in [0, 0.05) is 29.8 Å². The Morgan fingerprint density at radius 3 is 2.70 bits per heavy atom. The normalized spacial score (nSPS) is 19.4. The van der Waals surface area contributed by atoms with Gasteiger partial charge in [-0.3, -0.25) is 9.59 Å². The number of carbonyl (C=O) groups excluding carboxylic acids is 2. The molecule has 2 rings (SSSR count). The first-order valence-electron chi connectivity index (χ1n) is 6.81. The molecule has 1 heterocycles. The zero-order valence-corrected chi connectivity index (χ0v) is 12.1. The van der Waals surface area contributed by atoms with Crippen LogP contribution in [0.25, 0.3) is 0 Å². The molecule has 1 atom stereocenters. The van der Waals surface area contributed by atoms with Crippen LogP contribution in [0.4, 0.5) is 5.69 Å². The van der Waals surface area contributed by atoms with Crippen molar-refractivity contribution in [3.63, 3.8) is 0 Å². The maximum absolute atomic E-state index is 12.4. The Labute approximate surface area is 119 Å². The number of benzene rings is 1. The van der Waals surface area contributed by atoms with Crippen LogP contribution in [0.1, 0.15) is 38.8 Å². The Balaban J connectivity index is 2.31. The monoisotopic (exact) mass is 275 g/mol. The Kier molecular flexibility index (Phi) is 4.09. The molecule has 1 aromatic carbocycles. The Bertz CT molecular complexity index is 520. The van der Waals surface area contributed by atoms with Crippen LogP contribution in [0, 0.1) is 0 Å². The van der Waals surface area contributed by atoms with Crippen LogP contribution < -0.4 is 16.0 Å². The van der Waals surface area contributed by atoms with Crippen LogP contribution in [0.15, 0.2) is 24.3 Å². The van der Waals surface area contributed by atoms with Crippen LogP contribution in [0.3, 0.4) is 0 Å². The van der Waals surface area contributed by atoms with Gasteiger partial charge in [-0.05, 0) is 26.8 Å². The van der Waals surface area contributed by atoms with E-state index in [2.05, 4.69) is 16.0 Å². The van der Waals surface area contributed by atoms with Gasteiger partial charge in [0.25, 0.3) is 0 Å². The molecule has 108 valence electrons. The quantitative estimate of drug-likeness (QED) is 0.728. The van der Waals surface area contributed by atoms with Crippen LogP contribution in [0.5, 0.6) is 0 Å². The van der Waals surface area contributed by atoms with E-state index < -0.39 is 6.04 Å². The fourth-order valence-electron chi connectivity index (χ4n) is 2.19. The van der Waals surface area contributed by atoms with E-state index in [1.165, 1.54) is 0 Å². The molecule has 5 nitrogen and oxygen atoms in total. The first kappa shape index (κ1) is 14.5. The molecule has 0 saturated heterocycles. The van der Waals surface area contributed by atoms with Crippen molar-refractivity contribution in [2.45, 2.75) is 38.8 Å². The van der Waals surface area contributed by atoms with E-state index in [4.69, 9.17) is 0 Å². The molecule has 3 N–H and O–H groups in total. The van der Waals surface area contributed by atoms with Crippen molar-refractivity contribution in [2.24, 2.45) is 0 Å². The standard InChI is InChI=1S/C15H21N3O2/c1-15(2,3)18-14(20)13-10-6-4-5-7-11(10)17-12(19)8-9-16-13/h4-7,13,16H,8-9H2,1-3H3,(H,17,19)(H,18,20). The summed E-state index contributed by atoms with van der Waals surface area (Å²) in [5.74, 6) is -0.124. The Morgan fingerprint density at radius 1 is 1.30 bits per heavy atom. The van der Waals surface area contributed by atoms with Gasteiger partial charge in [-0.25, -0.2) is 0 Å². The fraction of sp³-hybridized carbons (Fsp3) is 0.467. The molecule has 1 aliphatic rings. The molecule has 1 unspecified atom stereocenters. The summed E-state index contributed by atoms with van der Waals surface area (Å²) in [5, 5.41) is 8.98. The van der Waals surface area contributed by atoms with Gasteiger partial charge < -0.3 is 16.0 Å². The first-order chi connectivity index (χ1) is 9.37. The van der Waals surface area contributed by atoms with E-state index in [-0.39, 0.29) is 17.4 Å². The second kappa shape index (κ2) is 5.63. The molecular weight excluding hydrogens is 254 g/mol. The van der Waals surface area contributed by atoms with E-state index in [0.717, 1.165) is 5.56 Å². The lowest BCUT2D eigenvalue weighted by molar-refractivity contribution is -0.125. The van der Waals surface area contributed by atoms with Gasteiger partial charge in [-0.2, -0.15) is 0 Å². The fourth-order valence-corrected chi connectivity index (χ4v) is 2.19. The molecule has 0 aromatic heterocycles. The molecule has 0 aliphatic carbocycles. The molecular formula is C15H21N3O2.